The van der Waals surface area contributed by atoms with Crippen LogP contribution in [0, 0.1) is 0 Å². The SMILES string of the molecule is O=C(NCc1ccccn1)C(=O)NC[C@H]1OCCCN1S(=O)(=O)c1ccc2c(c1)OCCO2. The summed E-state index contributed by atoms with van der Waals surface area (Å²) >= 11 is 0. The van der Waals surface area contributed by atoms with E-state index in [2.05, 4.69) is 15.6 Å². The van der Waals surface area contributed by atoms with Crippen LogP contribution in [-0.2, 0) is 30.9 Å². The molecule has 33 heavy (non-hydrogen) atoms. The Labute approximate surface area is 191 Å². The van der Waals surface area contributed by atoms with Gasteiger partial charge in [0.25, 0.3) is 0 Å². The Morgan fingerprint density at radius 2 is 1.82 bits per heavy atom. The predicted molar refractivity (Wildman–Crippen MR) is 115 cm³/mol. The van der Waals surface area contributed by atoms with Crippen LogP contribution >= 0.6 is 0 Å². The van der Waals surface area contributed by atoms with Gasteiger partial charge in [-0.05, 0) is 30.7 Å². The number of hydrogen-bond donors (Lipinski definition) is 2. The third-order valence-corrected chi connectivity index (χ3v) is 6.96. The van der Waals surface area contributed by atoms with Gasteiger partial charge in [-0.3, -0.25) is 14.6 Å². The van der Waals surface area contributed by atoms with Gasteiger partial charge in [0, 0.05) is 18.8 Å². The fraction of sp³-hybridized carbons (Fsp3) is 0.381. The van der Waals surface area contributed by atoms with Crippen LogP contribution in [0.25, 0.3) is 0 Å². The van der Waals surface area contributed by atoms with Gasteiger partial charge in [0.15, 0.2) is 11.5 Å². The molecule has 1 saturated heterocycles. The minimum absolute atomic E-state index is 0.0293. The number of amides is 2. The highest BCUT2D eigenvalue weighted by atomic mass is 32.2. The second-order valence-corrected chi connectivity index (χ2v) is 9.20. The van der Waals surface area contributed by atoms with Crippen molar-refractivity contribution in [3.63, 3.8) is 0 Å². The molecule has 0 unspecified atom stereocenters. The second-order valence-electron chi connectivity index (χ2n) is 7.31. The van der Waals surface area contributed by atoms with E-state index in [0.29, 0.717) is 43.4 Å². The molecular formula is C21H24N4O7S. The number of aromatic nitrogens is 1. The van der Waals surface area contributed by atoms with Crippen molar-refractivity contribution in [1.29, 1.82) is 0 Å². The number of carbonyl (C=O) groups is 2. The number of fused-ring (bicyclic) bond motifs is 1. The summed E-state index contributed by atoms with van der Waals surface area (Å²) in [5, 5.41) is 4.92. The molecule has 0 radical (unpaired) electrons. The number of pyridine rings is 1. The quantitative estimate of drug-likeness (QED) is 0.557. The molecule has 2 aliphatic rings. The van der Waals surface area contributed by atoms with Crippen molar-refractivity contribution < 1.29 is 32.2 Å². The average Bonchev–Trinajstić information content (AvgIpc) is 2.86. The predicted octanol–water partition coefficient (Wildman–Crippen LogP) is 0.0225. The van der Waals surface area contributed by atoms with Gasteiger partial charge in [0.2, 0.25) is 10.0 Å². The monoisotopic (exact) mass is 476 g/mol. The molecule has 2 aliphatic heterocycles. The molecule has 2 aromatic rings. The largest absolute Gasteiger partial charge is 0.486 e. The van der Waals surface area contributed by atoms with Crippen LogP contribution in [0.15, 0.2) is 47.5 Å². The van der Waals surface area contributed by atoms with Crippen molar-refractivity contribution in [2.75, 3.05) is 32.9 Å². The molecule has 2 amide bonds. The van der Waals surface area contributed by atoms with Crippen molar-refractivity contribution >= 4 is 21.8 Å². The molecule has 1 atom stereocenters. The summed E-state index contributed by atoms with van der Waals surface area (Å²) in [7, 11) is -3.95. The molecule has 11 nitrogen and oxygen atoms in total. The third-order valence-electron chi connectivity index (χ3n) is 5.07. The Kier molecular flexibility index (Phi) is 7.06. The van der Waals surface area contributed by atoms with Crippen molar-refractivity contribution in [3.8, 4) is 11.5 Å². The molecule has 1 aromatic carbocycles. The number of carbonyl (C=O) groups excluding carboxylic acids is 2. The minimum atomic E-state index is -3.95. The van der Waals surface area contributed by atoms with Crippen LogP contribution in [0.3, 0.4) is 0 Å². The van der Waals surface area contributed by atoms with Gasteiger partial charge in [0.05, 0.1) is 30.3 Å². The molecular weight excluding hydrogens is 452 g/mol. The summed E-state index contributed by atoms with van der Waals surface area (Å²) in [6, 6.07) is 9.64. The highest BCUT2D eigenvalue weighted by molar-refractivity contribution is 7.89. The molecule has 3 heterocycles. The topological polar surface area (TPSA) is 136 Å². The Balaban J connectivity index is 1.38. The van der Waals surface area contributed by atoms with Crippen LogP contribution < -0.4 is 20.1 Å². The Morgan fingerprint density at radius 3 is 2.61 bits per heavy atom. The third kappa shape index (κ3) is 5.41. The maximum absolute atomic E-state index is 13.3. The lowest BCUT2D eigenvalue weighted by Gasteiger charge is -2.34. The molecule has 176 valence electrons. The Hall–Kier alpha value is -3.22. The molecule has 12 heteroatoms. The number of nitrogens with zero attached hydrogens (tertiary/aromatic N) is 2. The highest BCUT2D eigenvalue weighted by Gasteiger charge is 2.35. The average molecular weight is 477 g/mol. The highest BCUT2D eigenvalue weighted by Crippen LogP contribution is 2.34. The van der Waals surface area contributed by atoms with Crippen molar-refractivity contribution in [3.05, 3.63) is 48.3 Å². The Bertz CT molecular complexity index is 1110. The van der Waals surface area contributed by atoms with Crippen LogP contribution in [0.1, 0.15) is 12.1 Å². The number of benzene rings is 1. The number of rotatable bonds is 6. The lowest BCUT2D eigenvalue weighted by Crippen LogP contribution is -2.53. The van der Waals surface area contributed by atoms with E-state index in [-0.39, 0.29) is 24.5 Å². The number of nitrogens with one attached hydrogen (secondary N) is 2. The van der Waals surface area contributed by atoms with Crippen LogP contribution in [0.2, 0.25) is 0 Å². The fourth-order valence-electron chi connectivity index (χ4n) is 3.44. The number of hydrogen-bond acceptors (Lipinski definition) is 8. The van der Waals surface area contributed by atoms with Crippen molar-refractivity contribution in [1.82, 2.24) is 19.9 Å². The van der Waals surface area contributed by atoms with Crippen LogP contribution in [-0.4, -0.2) is 68.7 Å². The molecule has 2 N–H and O–H groups in total. The van der Waals surface area contributed by atoms with Crippen molar-refractivity contribution in [2.24, 2.45) is 0 Å². The van der Waals surface area contributed by atoms with E-state index in [1.165, 1.54) is 16.4 Å². The number of sulfonamides is 1. The van der Waals surface area contributed by atoms with Gasteiger partial charge in [-0.15, -0.1) is 0 Å². The minimum Gasteiger partial charge on any atom is -0.486 e. The lowest BCUT2D eigenvalue weighted by atomic mass is 10.3. The van der Waals surface area contributed by atoms with E-state index in [4.69, 9.17) is 14.2 Å². The first-order chi connectivity index (χ1) is 15.9. The van der Waals surface area contributed by atoms with Gasteiger partial charge >= 0.3 is 11.8 Å². The van der Waals surface area contributed by atoms with Crippen LogP contribution in [0.4, 0.5) is 0 Å². The summed E-state index contributed by atoms with van der Waals surface area (Å²) in [4.78, 5) is 28.4. The zero-order valence-electron chi connectivity index (χ0n) is 17.7. The normalized spacial score (nSPS) is 18.4. The van der Waals surface area contributed by atoms with Gasteiger partial charge in [0.1, 0.15) is 19.4 Å². The van der Waals surface area contributed by atoms with Gasteiger partial charge in [-0.2, -0.15) is 4.31 Å². The first-order valence-corrected chi connectivity index (χ1v) is 11.9. The second kappa shape index (κ2) is 10.1. The molecule has 0 bridgehead atoms. The Morgan fingerprint density at radius 1 is 1.03 bits per heavy atom. The van der Waals surface area contributed by atoms with E-state index >= 15 is 0 Å². The smallest absolute Gasteiger partial charge is 0.309 e. The number of ether oxygens (including phenoxy) is 3. The van der Waals surface area contributed by atoms with E-state index in [1.54, 1.807) is 30.5 Å². The van der Waals surface area contributed by atoms with Crippen molar-refractivity contribution in [2.45, 2.75) is 24.1 Å². The molecule has 0 spiro atoms. The van der Waals surface area contributed by atoms with Gasteiger partial charge < -0.3 is 24.8 Å². The summed E-state index contributed by atoms with van der Waals surface area (Å²) in [5.41, 5.74) is 0.603. The summed E-state index contributed by atoms with van der Waals surface area (Å²) in [6.07, 6.45) is 1.13. The van der Waals surface area contributed by atoms with Crippen LogP contribution in [0.5, 0.6) is 11.5 Å². The van der Waals surface area contributed by atoms with Gasteiger partial charge in [-0.1, -0.05) is 6.07 Å². The zero-order chi connectivity index (χ0) is 23.3. The van der Waals surface area contributed by atoms with E-state index < -0.39 is 28.1 Å². The molecule has 4 rings (SSSR count). The first-order valence-electron chi connectivity index (χ1n) is 10.4. The standard InChI is InChI=1S/C21H24N4O7S/c26-20(23-13-15-4-1-2-7-22-15)21(27)24-14-19-25(8-3-9-32-19)33(28,29)16-5-6-17-18(12-16)31-11-10-30-17/h1-2,4-7,12,19H,3,8-11,13-14H2,(H,23,26)(H,24,27)/t19-/m1/s1. The fourth-order valence-corrected chi connectivity index (χ4v) is 5.02. The molecule has 0 aliphatic carbocycles. The molecule has 1 aromatic heterocycles. The van der Waals surface area contributed by atoms with E-state index in [0.717, 1.165) is 0 Å². The maximum atomic E-state index is 13.3. The summed E-state index contributed by atoms with van der Waals surface area (Å²) < 4.78 is 44.3. The summed E-state index contributed by atoms with van der Waals surface area (Å²) in [5.74, 6) is -0.903. The first kappa shape index (κ1) is 23.0. The van der Waals surface area contributed by atoms with E-state index in [9.17, 15) is 18.0 Å². The summed E-state index contributed by atoms with van der Waals surface area (Å²) in [6.45, 7) is 1.19. The lowest BCUT2D eigenvalue weighted by molar-refractivity contribution is -0.140. The van der Waals surface area contributed by atoms with E-state index in [1.807, 2.05) is 0 Å². The zero-order valence-corrected chi connectivity index (χ0v) is 18.5. The maximum Gasteiger partial charge on any atom is 0.309 e. The molecule has 0 saturated carbocycles. The molecule has 1 fully saturated rings. The van der Waals surface area contributed by atoms with Gasteiger partial charge in [-0.25, -0.2) is 8.42 Å².